The lowest BCUT2D eigenvalue weighted by atomic mass is 9.96. The number of nitrogens with one attached hydrogen (secondary N) is 1. The minimum atomic E-state index is -0.202. The lowest BCUT2D eigenvalue weighted by Gasteiger charge is -2.46. The van der Waals surface area contributed by atoms with Gasteiger partial charge in [0.05, 0.1) is 19.7 Å². The van der Waals surface area contributed by atoms with Gasteiger partial charge in [-0.05, 0) is 51.2 Å². The molecule has 1 aromatic carbocycles. The molecule has 2 rings (SSSR count). The van der Waals surface area contributed by atoms with Gasteiger partial charge in [-0.2, -0.15) is 0 Å². The number of ether oxygens (including phenoxy) is 1. The summed E-state index contributed by atoms with van der Waals surface area (Å²) in [6.45, 7) is 10.3. The van der Waals surface area contributed by atoms with Crippen LogP contribution < -0.4 is 5.32 Å². The molecule has 5 heteroatoms. The highest BCUT2D eigenvalue weighted by atomic mass is 16.5. The molecule has 1 unspecified atom stereocenters. The van der Waals surface area contributed by atoms with Crippen molar-refractivity contribution in [2.45, 2.75) is 59.4 Å². The van der Waals surface area contributed by atoms with Crippen LogP contribution in [0.4, 0.5) is 5.69 Å². The summed E-state index contributed by atoms with van der Waals surface area (Å²) in [7, 11) is 0. The minimum absolute atomic E-state index is 0.0276. The third-order valence-electron chi connectivity index (χ3n) is 5.44. The van der Waals surface area contributed by atoms with Crippen LogP contribution in [0.3, 0.4) is 0 Å². The van der Waals surface area contributed by atoms with Crippen molar-refractivity contribution in [1.82, 2.24) is 0 Å². The van der Waals surface area contributed by atoms with Crippen LogP contribution in [0.2, 0.25) is 0 Å². The second kappa shape index (κ2) is 9.17. The maximum atomic E-state index is 13.2. The monoisotopic (exact) mass is 361 g/mol. The van der Waals surface area contributed by atoms with E-state index in [1.54, 1.807) is 0 Å². The van der Waals surface area contributed by atoms with Crippen LogP contribution in [0.15, 0.2) is 18.2 Å². The Morgan fingerprint density at radius 2 is 1.88 bits per heavy atom. The number of aryl methyl sites for hydroxylation is 2. The molecule has 0 aromatic heterocycles. The van der Waals surface area contributed by atoms with Crippen molar-refractivity contribution in [1.29, 1.82) is 0 Å². The number of carbonyl (C=O) groups excluding carboxylic acids is 2. The zero-order valence-electron chi connectivity index (χ0n) is 16.6. The molecule has 0 aliphatic carbocycles. The van der Waals surface area contributed by atoms with Crippen molar-refractivity contribution in [2.75, 3.05) is 31.6 Å². The van der Waals surface area contributed by atoms with Gasteiger partial charge in [-0.15, -0.1) is 0 Å². The molecular formula is C21H33N2O3+. The summed E-state index contributed by atoms with van der Waals surface area (Å²) in [5.74, 6) is -0.174. The van der Waals surface area contributed by atoms with E-state index < -0.39 is 0 Å². The predicted molar refractivity (Wildman–Crippen MR) is 104 cm³/mol. The first-order valence-electron chi connectivity index (χ1n) is 9.82. The molecule has 144 valence electrons. The van der Waals surface area contributed by atoms with Gasteiger partial charge in [0.25, 0.3) is 5.91 Å². The number of benzene rings is 1. The predicted octanol–water partition coefficient (Wildman–Crippen LogP) is 3.58. The van der Waals surface area contributed by atoms with Crippen molar-refractivity contribution in [3.63, 3.8) is 0 Å². The molecule has 5 nitrogen and oxygen atoms in total. The third kappa shape index (κ3) is 4.64. The Balaban J connectivity index is 2.26. The molecule has 0 radical (unpaired) electrons. The average Bonchev–Trinajstić information content (AvgIpc) is 2.59. The zero-order chi connectivity index (χ0) is 19.2. The molecule has 1 amide bonds. The molecule has 26 heavy (non-hydrogen) atoms. The molecule has 1 N–H and O–H groups in total. The number of hydrogen-bond donors (Lipinski definition) is 1. The normalized spacial score (nSPS) is 22.7. The summed E-state index contributed by atoms with van der Waals surface area (Å²) in [6, 6.07) is 5.82. The molecule has 0 spiro atoms. The van der Waals surface area contributed by atoms with Crippen molar-refractivity contribution in [3.05, 3.63) is 29.3 Å². The second-order valence-electron chi connectivity index (χ2n) is 7.40. The van der Waals surface area contributed by atoms with Gasteiger partial charge in [0.15, 0.2) is 12.6 Å². The van der Waals surface area contributed by atoms with Crippen molar-refractivity contribution in [2.24, 2.45) is 0 Å². The smallest absolute Gasteiger partial charge is 0.361 e. The quantitative estimate of drug-likeness (QED) is 0.596. The van der Waals surface area contributed by atoms with Crippen LogP contribution in [-0.4, -0.2) is 48.6 Å². The SMILES string of the molecule is CCC[N+]1(CC(=O)OCC)CCCC[C@H]1C(=O)Nc1c(C)cccc1C. The Kier molecular flexibility index (Phi) is 7.21. The van der Waals surface area contributed by atoms with Gasteiger partial charge in [-0.1, -0.05) is 25.1 Å². The second-order valence-corrected chi connectivity index (χ2v) is 7.40. The zero-order valence-corrected chi connectivity index (χ0v) is 16.6. The van der Waals surface area contributed by atoms with Crippen molar-refractivity contribution < 1.29 is 18.8 Å². The van der Waals surface area contributed by atoms with Crippen LogP contribution in [0.5, 0.6) is 0 Å². The summed E-state index contributed by atoms with van der Waals surface area (Å²) in [6.07, 6.45) is 3.83. The number of para-hydroxylation sites is 1. The summed E-state index contributed by atoms with van der Waals surface area (Å²) in [4.78, 5) is 25.5. The first-order chi connectivity index (χ1) is 12.4. The van der Waals surface area contributed by atoms with Gasteiger partial charge in [-0.3, -0.25) is 4.79 Å². The van der Waals surface area contributed by atoms with Crippen LogP contribution in [0, 0.1) is 13.8 Å². The molecule has 1 aromatic rings. The van der Waals surface area contributed by atoms with E-state index in [0.29, 0.717) is 11.1 Å². The Bertz CT molecular complexity index is 620. The summed E-state index contributed by atoms with van der Waals surface area (Å²) in [5, 5.41) is 3.16. The number of piperidine rings is 1. The van der Waals surface area contributed by atoms with Crippen LogP contribution >= 0.6 is 0 Å². The molecule has 1 saturated heterocycles. The van der Waals surface area contributed by atoms with Crippen molar-refractivity contribution >= 4 is 17.6 Å². The number of nitrogens with zero attached hydrogens (tertiary/aromatic N) is 1. The summed E-state index contributed by atoms with van der Waals surface area (Å²) in [5.41, 5.74) is 3.02. The van der Waals surface area contributed by atoms with Crippen molar-refractivity contribution in [3.8, 4) is 0 Å². The fourth-order valence-corrected chi connectivity index (χ4v) is 4.24. The molecule has 1 aliphatic heterocycles. The van der Waals surface area contributed by atoms with Gasteiger partial charge in [-0.25, -0.2) is 4.79 Å². The maximum Gasteiger partial charge on any atom is 0.361 e. The van der Waals surface area contributed by atoms with Gasteiger partial charge >= 0.3 is 5.97 Å². The highest BCUT2D eigenvalue weighted by Gasteiger charge is 2.45. The van der Waals surface area contributed by atoms with E-state index in [1.807, 2.05) is 39.0 Å². The number of rotatable bonds is 7. The van der Waals surface area contributed by atoms with Gasteiger partial charge in [0.2, 0.25) is 0 Å². The Hall–Kier alpha value is -1.88. The fraction of sp³-hybridized carbons (Fsp3) is 0.619. The number of esters is 1. The van der Waals surface area contributed by atoms with E-state index in [-0.39, 0.29) is 24.5 Å². The highest BCUT2D eigenvalue weighted by molar-refractivity contribution is 5.95. The van der Waals surface area contributed by atoms with E-state index in [4.69, 9.17) is 4.74 Å². The lowest BCUT2D eigenvalue weighted by molar-refractivity contribution is -0.940. The largest absolute Gasteiger partial charge is 0.462 e. The first kappa shape index (κ1) is 20.4. The van der Waals surface area contributed by atoms with E-state index in [0.717, 1.165) is 55.6 Å². The van der Waals surface area contributed by atoms with Gasteiger partial charge in [0.1, 0.15) is 0 Å². The average molecular weight is 362 g/mol. The maximum absolute atomic E-state index is 13.2. The summed E-state index contributed by atoms with van der Waals surface area (Å²) < 4.78 is 5.73. The topological polar surface area (TPSA) is 55.4 Å². The number of likely N-dealkylation sites (tertiary alicyclic amines) is 1. The fourth-order valence-electron chi connectivity index (χ4n) is 4.24. The molecular weight excluding hydrogens is 328 g/mol. The van der Waals surface area contributed by atoms with E-state index in [1.165, 1.54) is 0 Å². The Morgan fingerprint density at radius 3 is 2.50 bits per heavy atom. The number of quaternary nitrogens is 1. The molecule has 1 heterocycles. The number of carbonyl (C=O) groups is 2. The Labute approximate surface area is 157 Å². The highest BCUT2D eigenvalue weighted by Crippen LogP contribution is 2.29. The van der Waals surface area contributed by atoms with Gasteiger partial charge in [0, 0.05) is 12.1 Å². The minimum Gasteiger partial charge on any atom is -0.462 e. The Morgan fingerprint density at radius 1 is 1.19 bits per heavy atom. The standard InChI is InChI=1S/C21H32N2O3/c1-5-13-23(15-19(24)26-6-2)14-8-7-12-18(23)21(25)22-20-16(3)10-9-11-17(20)4/h9-11,18H,5-8,12-15H2,1-4H3/p+1/t18-,23?/m0/s1. The molecule has 2 atom stereocenters. The van der Waals surface area contributed by atoms with Crippen LogP contribution in [0.25, 0.3) is 0 Å². The van der Waals surface area contributed by atoms with Gasteiger partial charge < -0.3 is 14.5 Å². The van der Waals surface area contributed by atoms with E-state index in [9.17, 15) is 9.59 Å². The number of anilines is 1. The third-order valence-corrected chi connectivity index (χ3v) is 5.44. The van der Waals surface area contributed by atoms with E-state index in [2.05, 4.69) is 12.2 Å². The van der Waals surface area contributed by atoms with E-state index >= 15 is 0 Å². The molecule has 0 saturated carbocycles. The summed E-state index contributed by atoms with van der Waals surface area (Å²) >= 11 is 0. The molecule has 1 aliphatic rings. The number of hydrogen-bond acceptors (Lipinski definition) is 3. The molecule has 1 fully saturated rings. The molecule has 0 bridgehead atoms. The number of amides is 1. The van der Waals surface area contributed by atoms with Crippen LogP contribution in [-0.2, 0) is 14.3 Å². The van der Waals surface area contributed by atoms with Crippen LogP contribution in [0.1, 0.15) is 50.7 Å². The first-order valence-corrected chi connectivity index (χ1v) is 9.82. The lowest BCUT2D eigenvalue weighted by Crippen LogP contribution is -2.64.